The average molecular weight is 382 g/mol. The van der Waals surface area contributed by atoms with Gasteiger partial charge >= 0.3 is 0 Å². The molecule has 0 unspecified atom stereocenters. The zero-order valence-corrected chi connectivity index (χ0v) is 15.8. The van der Waals surface area contributed by atoms with E-state index in [1.165, 1.54) is 17.6 Å². The molecule has 0 saturated carbocycles. The first-order valence-electron chi connectivity index (χ1n) is 8.26. The quantitative estimate of drug-likeness (QED) is 0.594. The summed E-state index contributed by atoms with van der Waals surface area (Å²) in [6.07, 6.45) is 1.81. The van der Waals surface area contributed by atoms with Crippen LogP contribution in [0.5, 0.6) is 0 Å². The van der Waals surface area contributed by atoms with Crippen molar-refractivity contribution in [1.82, 2.24) is 9.36 Å². The van der Waals surface area contributed by atoms with Gasteiger partial charge in [0.05, 0.1) is 15.6 Å². The molecule has 1 saturated heterocycles. The lowest BCUT2D eigenvalue weighted by molar-refractivity contribution is -0.384. The van der Waals surface area contributed by atoms with Crippen LogP contribution in [0.3, 0.4) is 0 Å². The third-order valence-corrected chi connectivity index (χ3v) is 5.41. The predicted molar refractivity (Wildman–Crippen MR) is 101 cm³/mol. The second kappa shape index (κ2) is 7.53. The Hall–Kier alpha value is -1.93. The molecular formula is C16H20ClN5O2S. The second-order valence-electron chi connectivity index (χ2n) is 6.02. The van der Waals surface area contributed by atoms with Crippen molar-refractivity contribution in [3.8, 4) is 0 Å². The lowest BCUT2D eigenvalue weighted by Crippen LogP contribution is -2.31. The average Bonchev–Trinajstić information content (AvgIpc) is 2.93. The Morgan fingerprint density at radius 2 is 2.00 bits per heavy atom. The Morgan fingerprint density at radius 1 is 1.28 bits per heavy atom. The molecule has 0 atom stereocenters. The molecule has 3 rings (SSSR count). The van der Waals surface area contributed by atoms with E-state index in [1.807, 2.05) is 6.92 Å². The van der Waals surface area contributed by atoms with Gasteiger partial charge in [0.25, 0.3) is 5.69 Å². The third kappa shape index (κ3) is 3.85. The maximum atomic E-state index is 11.0. The highest BCUT2D eigenvalue weighted by molar-refractivity contribution is 7.09. The maximum absolute atomic E-state index is 11.0. The molecule has 25 heavy (non-hydrogen) atoms. The van der Waals surface area contributed by atoms with Crippen molar-refractivity contribution < 1.29 is 4.92 Å². The van der Waals surface area contributed by atoms with Crippen molar-refractivity contribution in [1.29, 1.82) is 0 Å². The van der Waals surface area contributed by atoms with Crippen LogP contribution in [0, 0.1) is 17.0 Å². The summed E-state index contributed by atoms with van der Waals surface area (Å²) in [5, 5.41) is 12.4. The van der Waals surface area contributed by atoms with Crippen LogP contribution in [0.15, 0.2) is 12.1 Å². The number of nitro benzene ring substituents is 1. The Bertz CT molecular complexity index is 759. The van der Waals surface area contributed by atoms with E-state index in [-0.39, 0.29) is 5.69 Å². The molecular weight excluding hydrogens is 362 g/mol. The van der Waals surface area contributed by atoms with E-state index in [2.05, 4.69) is 26.1 Å². The summed E-state index contributed by atoms with van der Waals surface area (Å²) in [5.41, 5.74) is 1.75. The summed E-state index contributed by atoms with van der Waals surface area (Å²) in [4.78, 5) is 19.6. The van der Waals surface area contributed by atoms with Gasteiger partial charge in [0.2, 0.25) is 5.13 Å². The molecule has 1 aliphatic rings. The lowest BCUT2D eigenvalue weighted by atomic mass is 10.1. The molecule has 0 N–H and O–H groups in total. The van der Waals surface area contributed by atoms with Crippen LogP contribution in [-0.2, 0) is 6.42 Å². The first-order chi connectivity index (χ1) is 12.0. The van der Waals surface area contributed by atoms with E-state index in [4.69, 9.17) is 11.6 Å². The molecule has 1 aromatic heterocycles. The minimum atomic E-state index is -0.409. The Kier molecular flexibility index (Phi) is 5.39. The van der Waals surface area contributed by atoms with Crippen LogP contribution in [-0.4, -0.2) is 40.5 Å². The summed E-state index contributed by atoms with van der Waals surface area (Å²) >= 11 is 7.80. The number of nitrogens with zero attached hydrogens (tertiary/aromatic N) is 5. The number of anilines is 2. The minimum absolute atomic E-state index is 0.0312. The normalized spacial score (nSPS) is 15.3. The van der Waals surface area contributed by atoms with Crippen LogP contribution in [0.1, 0.15) is 24.7 Å². The maximum Gasteiger partial charge on any atom is 0.271 e. The van der Waals surface area contributed by atoms with Gasteiger partial charge in [0.15, 0.2) is 0 Å². The number of non-ortho nitro benzene ring substituents is 1. The van der Waals surface area contributed by atoms with Crippen molar-refractivity contribution in [2.45, 2.75) is 26.7 Å². The van der Waals surface area contributed by atoms with Crippen LogP contribution < -0.4 is 9.80 Å². The molecule has 7 nitrogen and oxygen atoms in total. The molecule has 1 fully saturated rings. The van der Waals surface area contributed by atoms with Gasteiger partial charge in [-0.25, -0.2) is 4.98 Å². The van der Waals surface area contributed by atoms with Crippen molar-refractivity contribution in [2.75, 3.05) is 36.0 Å². The number of rotatable bonds is 4. The fourth-order valence-electron chi connectivity index (χ4n) is 3.07. The van der Waals surface area contributed by atoms with Gasteiger partial charge in [-0.15, -0.1) is 0 Å². The van der Waals surface area contributed by atoms with Crippen molar-refractivity contribution >= 4 is 39.6 Å². The summed E-state index contributed by atoms with van der Waals surface area (Å²) in [6.45, 7) is 7.31. The van der Waals surface area contributed by atoms with Crippen molar-refractivity contribution in [2.24, 2.45) is 0 Å². The Labute approximate surface area is 155 Å². The summed E-state index contributed by atoms with van der Waals surface area (Å²) < 4.78 is 4.36. The van der Waals surface area contributed by atoms with E-state index < -0.39 is 4.92 Å². The van der Waals surface area contributed by atoms with Gasteiger partial charge in [-0.3, -0.25) is 10.1 Å². The van der Waals surface area contributed by atoms with Gasteiger partial charge in [0.1, 0.15) is 5.82 Å². The monoisotopic (exact) mass is 381 g/mol. The van der Waals surface area contributed by atoms with Gasteiger partial charge in [-0.1, -0.05) is 18.5 Å². The molecule has 0 aliphatic carbocycles. The second-order valence-corrected chi connectivity index (χ2v) is 7.16. The Morgan fingerprint density at radius 3 is 2.64 bits per heavy atom. The highest BCUT2D eigenvalue weighted by atomic mass is 35.5. The fraction of sp³-hybridized carbons (Fsp3) is 0.500. The van der Waals surface area contributed by atoms with Crippen LogP contribution in [0.4, 0.5) is 16.5 Å². The van der Waals surface area contributed by atoms with E-state index in [9.17, 15) is 10.1 Å². The first kappa shape index (κ1) is 17.9. The first-order valence-corrected chi connectivity index (χ1v) is 9.41. The highest BCUT2D eigenvalue weighted by Gasteiger charge is 2.22. The fourth-order valence-corrected chi connectivity index (χ4v) is 4.25. The van der Waals surface area contributed by atoms with E-state index in [0.29, 0.717) is 5.02 Å². The highest BCUT2D eigenvalue weighted by Crippen LogP contribution is 2.34. The predicted octanol–water partition coefficient (Wildman–Crippen LogP) is 3.69. The molecule has 134 valence electrons. The topological polar surface area (TPSA) is 75.4 Å². The molecule has 2 heterocycles. The zero-order chi connectivity index (χ0) is 18.0. The van der Waals surface area contributed by atoms with Gasteiger partial charge in [-0.2, -0.15) is 4.37 Å². The number of hydrogen-bond donors (Lipinski definition) is 0. The summed E-state index contributed by atoms with van der Waals surface area (Å²) in [6, 6.07) is 3.02. The van der Waals surface area contributed by atoms with Crippen LogP contribution in [0.25, 0.3) is 0 Å². The molecule has 0 spiro atoms. The van der Waals surface area contributed by atoms with E-state index >= 15 is 0 Å². The molecule has 9 heteroatoms. The lowest BCUT2D eigenvalue weighted by Gasteiger charge is -2.26. The molecule has 1 aliphatic heterocycles. The zero-order valence-electron chi connectivity index (χ0n) is 14.2. The molecule has 2 aromatic rings. The van der Waals surface area contributed by atoms with E-state index in [1.54, 1.807) is 6.07 Å². The van der Waals surface area contributed by atoms with E-state index in [0.717, 1.165) is 61.2 Å². The van der Waals surface area contributed by atoms with Crippen LogP contribution in [0.2, 0.25) is 5.02 Å². The molecule has 0 bridgehead atoms. The van der Waals surface area contributed by atoms with Crippen LogP contribution >= 0.6 is 23.1 Å². The Balaban J connectivity index is 1.78. The SMILES string of the molecule is CCc1nsc(N2CCCN(c3c(C)cc([N+](=O)[O-])cc3Cl)CC2)n1. The standard InChI is InChI=1S/C16H20ClN5O2S/c1-3-14-18-16(25-19-14)21-6-4-5-20(7-8-21)15-11(2)9-12(22(23)24)10-13(15)17/h9-10H,3-8H2,1-2H3. The number of halogens is 1. The van der Waals surface area contributed by atoms with Crippen molar-refractivity contribution in [3.63, 3.8) is 0 Å². The van der Waals surface area contributed by atoms with Crippen molar-refractivity contribution in [3.05, 3.63) is 38.7 Å². The number of benzene rings is 1. The molecule has 1 aromatic carbocycles. The molecule has 0 amide bonds. The number of aromatic nitrogens is 2. The smallest absolute Gasteiger partial charge is 0.271 e. The summed E-state index contributed by atoms with van der Waals surface area (Å²) in [5.74, 6) is 0.885. The minimum Gasteiger partial charge on any atom is -0.368 e. The van der Waals surface area contributed by atoms with Gasteiger partial charge in [-0.05, 0) is 18.9 Å². The molecule has 0 radical (unpaired) electrons. The van der Waals surface area contributed by atoms with Gasteiger partial charge in [0, 0.05) is 56.3 Å². The van der Waals surface area contributed by atoms with Gasteiger partial charge < -0.3 is 9.80 Å². The summed E-state index contributed by atoms with van der Waals surface area (Å²) in [7, 11) is 0. The third-order valence-electron chi connectivity index (χ3n) is 4.31. The number of nitro groups is 1. The number of hydrogen-bond acceptors (Lipinski definition) is 7. The largest absolute Gasteiger partial charge is 0.368 e. The number of aryl methyl sites for hydroxylation is 2.